The number of carboxylic acid groups (broad SMARTS) is 1. The average molecular weight is 282 g/mol. The number of aliphatic carboxylic acids is 1. The highest BCUT2D eigenvalue weighted by atomic mass is 16.5. The molecule has 0 aliphatic rings. The third-order valence-corrected chi connectivity index (χ3v) is 2.90. The molecule has 6 nitrogen and oxygen atoms in total. The van der Waals surface area contributed by atoms with Gasteiger partial charge in [0.05, 0.1) is 27.2 Å². The molecule has 0 heterocycles. The predicted molar refractivity (Wildman–Crippen MR) is 71.8 cm³/mol. The Labute approximate surface area is 117 Å². The summed E-state index contributed by atoms with van der Waals surface area (Å²) in [6.07, 6.45) is -0.0893. The van der Waals surface area contributed by atoms with Crippen LogP contribution in [-0.4, -0.2) is 38.2 Å². The Morgan fingerprint density at radius 3 is 1.95 bits per heavy atom. The van der Waals surface area contributed by atoms with Crippen molar-refractivity contribution in [1.29, 1.82) is 0 Å². The van der Waals surface area contributed by atoms with Gasteiger partial charge in [-0.25, -0.2) is 0 Å². The second-order valence-electron chi connectivity index (χ2n) is 4.28. The fourth-order valence-corrected chi connectivity index (χ4v) is 1.73. The molecule has 1 aromatic rings. The maximum atomic E-state index is 12.1. The van der Waals surface area contributed by atoms with Gasteiger partial charge in [-0.05, 0) is 12.1 Å². The summed E-state index contributed by atoms with van der Waals surface area (Å²) in [4.78, 5) is 22.9. The molecule has 0 saturated carbocycles. The molecule has 0 aromatic heterocycles. The van der Waals surface area contributed by atoms with E-state index in [1.165, 1.54) is 40.4 Å². The highest BCUT2D eigenvalue weighted by molar-refractivity contribution is 5.99. The third-order valence-electron chi connectivity index (χ3n) is 2.90. The molecule has 0 amide bonds. The van der Waals surface area contributed by atoms with Gasteiger partial charge in [-0.1, -0.05) is 6.92 Å². The smallest absolute Gasteiger partial charge is 0.306 e. The van der Waals surface area contributed by atoms with E-state index >= 15 is 0 Å². The molecule has 1 aromatic carbocycles. The van der Waals surface area contributed by atoms with E-state index in [2.05, 4.69) is 0 Å². The zero-order chi connectivity index (χ0) is 15.3. The average Bonchev–Trinajstić information content (AvgIpc) is 2.45. The maximum Gasteiger partial charge on any atom is 0.306 e. The Balaban J connectivity index is 3.13. The molecule has 1 unspecified atom stereocenters. The van der Waals surface area contributed by atoms with Gasteiger partial charge in [-0.15, -0.1) is 0 Å². The summed E-state index contributed by atoms with van der Waals surface area (Å²) in [5, 5.41) is 8.84. The van der Waals surface area contributed by atoms with Crippen LogP contribution in [0.15, 0.2) is 12.1 Å². The van der Waals surface area contributed by atoms with Crippen LogP contribution in [0.2, 0.25) is 0 Å². The highest BCUT2D eigenvalue weighted by Gasteiger charge is 2.20. The first-order chi connectivity index (χ1) is 9.44. The van der Waals surface area contributed by atoms with Gasteiger partial charge in [0, 0.05) is 12.0 Å². The zero-order valence-electron chi connectivity index (χ0n) is 11.9. The number of carbonyl (C=O) groups is 2. The van der Waals surface area contributed by atoms with Crippen LogP contribution in [0.25, 0.3) is 0 Å². The van der Waals surface area contributed by atoms with Crippen LogP contribution in [-0.2, 0) is 4.79 Å². The molecule has 0 radical (unpaired) electrons. The number of Topliss-reactive ketones (excluding diaryl/α,β-unsaturated/α-hetero) is 1. The summed E-state index contributed by atoms with van der Waals surface area (Å²) in [5.41, 5.74) is 0.326. The van der Waals surface area contributed by atoms with Crippen molar-refractivity contribution < 1.29 is 28.9 Å². The van der Waals surface area contributed by atoms with Crippen molar-refractivity contribution in [1.82, 2.24) is 0 Å². The lowest BCUT2D eigenvalue weighted by Crippen LogP contribution is -2.15. The number of ketones is 1. The summed E-state index contributed by atoms with van der Waals surface area (Å²) < 4.78 is 15.5. The SMILES string of the molecule is COc1cc(C(=O)CC(C)C(=O)O)cc(OC)c1OC. The van der Waals surface area contributed by atoms with Gasteiger partial charge in [0.25, 0.3) is 0 Å². The molecule has 110 valence electrons. The molecular weight excluding hydrogens is 264 g/mol. The summed E-state index contributed by atoms with van der Waals surface area (Å²) in [6.45, 7) is 1.48. The predicted octanol–water partition coefficient (Wildman–Crippen LogP) is 2.01. The van der Waals surface area contributed by atoms with Crippen molar-refractivity contribution >= 4 is 11.8 Å². The van der Waals surface area contributed by atoms with Crippen molar-refractivity contribution in [3.63, 3.8) is 0 Å². The summed E-state index contributed by atoms with van der Waals surface area (Å²) in [5.74, 6) is -0.944. The third kappa shape index (κ3) is 3.40. The molecule has 0 aliphatic carbocycles. The van der Waals surface area contributed by atoms with E-state index < -0.39 is 11.9 Å². The van der Waals surface area contributed by atoms with Crippen molar-refractivity contribution in [2.45, 2.75) is 13.3 Å². The first-order valence-electron chi connectivity index (χ1n) is 6.00. The number of carbonyl (C=O) groups excluding carboxylic acids is 1. The Morgan fingerprint density at radius 1 is 1.10 bits per heavy atom. The summed E-state index contributed by atoms with van der Waals surface area (Å²) >= 11 is 0. The summed E-state index contributed by atoms with van der Waals surface area (Å²) in [6, 6.07) is 3.02. The lowest BCUT2D eigenvalue weighted by molar-refractivity contribution is -0.141. The van der Waals surface area contributed by atoms with Crippen LogP contribution >= 0.6 is 0 Å². The Bertz CT molecular complexity index is 483. The van der Waals surface area contributed by atoms with Gasteiger partial charge >= 0.3 is 5.97 Å². The Hall–Kier alpha value is -2.24. The number of hydrogen-bond donors (Lipinski definition) is 1. The number of carboxylic acids is 1. The van der Waals surface area contributed by atoms with E-state index in [9.17, 15) is 9.59 Å². The van der Waals surface area contributed by atoms with E-state index in [0.717, 1.165) is 0 Å². The molecule has 0 bridgehead atoms. The van der Waals surface area contributed by atoms with Gasteiger partial charge in [-0.2, -0.15) is 0 Å². The molecule has 0 fully saturated rings. The minimum absolute atomic E-state index is 0.0893. The lowest BCUT2D eigenvalue weighted by atomic mass is 9.99. The van der Waals surface area contributed by atoms with E-state index in [-0.39, 0.29) is 12.2 Å². The number of rotatable bonds is 7. The highest BCUT2D eigenvalue weighted by Crippen LogP contribution is 2.38. The second-order valence-corrected chi connectivity index (χ2v) is 4.28. The topological polar surface area (TPSA) is 82.1 Å². The molecule has 0 spiro atoms. The molecule has 1 N–H and O–H groups in total. The Kier molecular flexibility index (Phi) is 5.37. The first-order valence-corrected chi connectivity index (χ1v) is 6.00. The van der Waals surface area contributed by atoms with E-state index in [0.29, 0.717) is 22.8 Å². The van der Waals surface area contributed by atoms with Crippen LogP contribution < -0.4 is 14.2 Å². The quantitative estimate of drug-likeness (QED) is 0.770. The minimum Gasteiger partial charge on any atom is -0.493 e. The standard InChI is InChI=1S/C14H18O6/c1-8(14(16)17)5-10(15)9-6-11(18-2)13(20-4)12(7-9)19-3/h6-8H,5H2,1-4H3,(H,16,17). The fourth-order valence-electron chi connectivity index (χ4n) is 1.73. The molecule has 0 aliphatic heterocycles. The fraction of sp³-hybridized carbons (Fsp3) is 0.429. The van der Waals surface area contributed by atoms with E-state index in [1.807, 2.05) is 0 Å². The van der Waals surface area contributed by atoms with Gasteiger partial charge in [-0.3, -0.25) is 9.59 Å². The molecule has 1 atom stereocenters. The van der Waals surface area contributed by atoms with Crippen molar-refractivity contribution in [3.8, 4) is 17.2 Å². The molecular formula is C14H18O6. The van der Waals surface area contributed by atoms with Crippen LogP contribution in [0.5, 0.6) is 17.2 Å². The van der Waals surface area contributed by atoms with Crippen molar-refractivity contribution in [2.24, 2.45) is 5.92 Å². The second kappa shape index (κ2) is 6.79. The minimum atomic E-state index is -1.01. The monoisotopic (exact) mass is 282 g/mol. The van der Waals surface area contributed by atoms with Crippen LogP contribution in [0.1, 0.15) is 23.7 Å². The number of hydrogen-bond acceptors (Lipinski definition) is 5. The normalized spacial score (nSPS) is 11.6. The molecule has 1 rings (SSSR count). The first kappa shape index (κ1) is 15.8. The van der Waals surface area contributed by atoms with Crippen LogP contribution in [0.4, 0.5) is 0 Å². The Morgan fingerprint density at radius 2 is 1.60 bits per heavy atom. The van der Waals surface area contributed by atoms with E-state index in [1.54, 1.807) is 0 Å². The van der Waals surface area contributed by atoms with Crippen LogP contribution in [0.3, 0.4) is 0 Å². The van der Waals surface area contributed by atoms with Crippen LogP contribution in [0, 0.1) is 5.92 Å². The zero-order valence-corrected chi connectivity index (χ0v) is 11.9. The largest absolute Gasteiger partial charge is 0.493 e. The van der Waals surface area contributed by atoms with Gasteiger partial charge in [0.15, 0.2) is 17.3 Å². The van der Waals surface area contributed by atoms with Crippen molar-refractivity contribution in [3.05, 3.63) is 17.7 Å². The lowest BCUT2D eigenvalue weighted by Gasteiger charge is -2.14. The number of ether oxygens (including phenoxy) is 3. The number of methoxy groups -OCH3 is 3. The molecule has 20 heavy (non-hydrogen) atoms. The van der Waals surface area contributed by atoms with Gasteiger partial charge in [0.2, 0.25) is 5.75 Å². The van der Waals surface area contributed by atoms with Gasteiger partial charge < -0.3 is 19.3 Å². The molecule has 0 saturated heterocycles. The summed E-state index contributed by atoms with van der Waals surface area (Å²) in [7, 11) is 4.37. The number of benzene rings is 1. The van der Waals surface area contributed by atoms with Crippen molar-refractivity contribution in [2.75, 3.05) is 21.3 Å². The van der Waals surface area contributed by atoms with Gasteiger partial charge in [0.1, 0.15) is 0 Å². The van der Waals surface area contributed by atoms with E-state index in [4.69, 9.17) is 19.3 Å². The molecule has 6 heteroatoms. The maximum absolute atomic E-state index is 12.1.